The Balaban J connectivity index is 0.00000171. The van der Waals surface area contributed by atoms with Crippen LogP contribution in [0.2, 0.25) is 0 Å². The summed E-state index contributed by atoms with van der Waals surface area (Å²) < 4.78 is 7.63. The number of nitrogens with zero attached hydrogens (tertiary/aromatic N) is 2. The van der Waals surface area contributed by atoms with E-state index in [-0.39, 0.29) is 30.3 Å². The van der Waals surface area contributed by atoms with Gasteiger partial charge in [0.1, 0.15) is 5.75 Å². The monoisotopic (exact) mass is 480 g/mol. The van der Waals surface area contributed by atoms with E-state index in [4.69, 9.17) is 4.74 Å². The molecular formula is C24H34Cl2N4O2. The second-order valence-electron chi connectivity index (χ2n) is 7.81. The Morgan fingerprint density at radius 1 is 1.09 bits per heavy atom. The van der Waals surface area contributed by atoms with Gasteiger partial charge in [-0.05, 0) is 63.1 Å². The van der Waals surface area contributed by atoms with Gasteiger partial charge in [0, 0.05) is 29.9 Å². The summed E-state index contributed by atoms with van der Waals surface area (Å²) in [6.45, 7) is 5.93. The van der Waals surface area contributed by atoms with Gasteiger partial charge in [0.05, 0.1) is 18.5 Å². The minimum absolute atomic E-state index is 0. The average Bonchev–Trinajstić information content (AvgIpc) is 3.10. The molecule has 1 aromatic heterocycles. The van der Waals surface area contributed by atoms with E-state index in [2.05, 4.69) is 71.2 Å². The first-order chi connectivity index (χ1) is 14.2. The fourth-order valence-corrected chi connectivity index (χ4v) is 4.29. The highest BCUT2D eigenvalue weighted by Crippen LogP contribution is 2.26. The molecule has 8 heteroatoms. The minimum atomic E-state index is 0. The summed E-state index contributed by atoms with van der Waals surface area (Å²) in [6.07, 6.45) is 2.34. The second kappa shape index (κ2) is 12.8. The van der Waals surface area contributed by atoms with Crippen LogP contribution in [0.3, 0.4) is 0 Å². The van der Waals surface area contributed by atoms with Crippen molar-refractivity contribution in [2.45, 2.75) is 45.3 Å². The number of aromatic nitrogens is 2. The van der Waals surface area contributed by atoms with Gasteiger partial charge in [0.2, 0.25) is 0 Å². The van der Waals surface area contributed by atoms with Crippen molar-refractivity contribution in [2.75, 3.05) is 13.7 Å². The Labute approximate surface area is 202 Å². The largest absolute Gasteiger partial charge is 0.496 e. The number of aryl methyl sites for hydroxylation is 2. The van der Waals surface area contributed by atoms with Crippen molar-refractivity contribution in [3.63, 3.8) is 0 Å². The van der Waals surface area contributed by atoms with Gasteiger partial charge in [-0.3, -0.25) is 0 Å². The van der Waals surface area contributed by atoms with Crippen LogP contribution in [-0.2, 0) is 6.54 Å². The molecule has 1 aliphatic rings. The molecule has 1 fully saturated rings. The highest BCUT2D eigenvalue weighted by molar-refractivity contribution is 5.85. The molecule has 2 heterocycles. The fourth-order valence-electron chi connectivity index (χ4n) is 4.29. The highest BCUT2D eigenvalue weighted by atomic mass is 35.5. The minimum Gasteiger partial charge on any atom is -0.496 e. The lowest BCUT2D eigenvalue weighted by atomic mass is 9.92. The molecule has 0 radical (unpaired) electrons. The van der Waals surface area contributed by atoms with Gasteiger partial charge in [-0.25, -0.2) is 4.68 Å². The van der Waals surface area contributed by atoms with Crippen molar-refractivity contribution in [1.29, 1.82) is 0 Å². The van der Waals surface area contributed by atoms with Gasteiger partial charge < -0.3 is 20.8 Å². The first kappa shape index (κ1) is 27.9. The van der Waals surface area contributed by atoms with Gasteiger partial charge in [0.15, 0.2) is 0 Å². The fraction of sp³-hybridized carbons (Fsp3) is 0.375. The zero-order chi connectivity index (χ0) is 20.2. The van der Waals surface area contributed by atoms with E-state index < -0.39 is 0 Å². The number of methoxy groups -OCH3 is 1. The molecule has 1 saturated heterocycles. The maximum atomic E-state index is 5.64. The molecule has 2 atom stereocenters. The molecule has 0 unspecified atom stereocenters. The number of ether oxygens (including phenoxy) is 1. The third kappa shape index (κ3) is 6.24. The second-order valence-corrected chi connectivity index (χ2v) is 7.81. The Morgan fingerprint density at radius 3 is 2.50 bits per heavy atom. The Hall–Kier alpha value is -2.09. The lowest BCUT2D eigenvalue weighted by Crippen LogP contribution is -2.45. The summed E-state index contributed by atoms with van der Waals surface area (Å²) >= 11 is 0. The molecular weight excluding hydrogens is 447 g/mol. The van der Waals surface area contributed by atoms with Crippen LogP contribution < -0.4 is 15.4 Å². The molecule has 3 aromatic rings. The topological polar surface area (TPSA) is 82.6 Å². The van der Waals surface area contributed by atoms with Crippen molar-refractivity contribution < 1.29 is 10.2 Å². The predicted molar refractivity (Wildman–Crippen MR) is 135 cm³/mol. The number of halogens is 2. The highest BCUT2D eigenvalue weighted by Gasteiger charge is 2.25. The van der Waals surface area contributed by atoms with E-state index in [9.17, 15) is 0 Å². The Bertz CT molecular complexity index is 966. The van der Waals surface area contributed by atoms with Crippen LogP contribution in [0.1, 0.15) is 41.4 Å². The third-order valence-electron chi connectivity index (χ3n) is 5.69. The molecule has 1 aliphatic heterocycles. The number of benzene rings is 2. The van der Waals surface area contributed by atoms with Gasteiger partial charge in [-0.1, -0.05) is 30.3 Å². The molecule has 6 nitrogen and oxygen atoms in total. The number of nitrogens with one attached hydrogen (secondary N) is 2. The van der Waals surface area contributed by atoms with Gasteiger partial charge in [0.25, 0.3) is 0 Å². The molecule has 2 aromatic carbocycles. The number of hydrogen-bond acceptors (Lipinski definition) is 4. The number of piperidine rings is 1. The lowest BCUT2D eigenvalue weighted by molar-refractivity contribution is 0.303. The van der Waals surface area contributed by atoms with Crippen LogP contribution in [0.5, 0.6) is 5.75 Å². The summed E-state index contributed by atoms with van der Waals surface area (Å²) in [5.41, 5.74) is 5.71. The Kier molecular flexibility index (Phi) is 11.2. The van der Waals surface area contributed by atoms with E-state index in [0.717, 1.165) is 47.9 Å². The first-order valence-corrected chi connectivity index (χ1v) is 10.4. The van der Waals surface area contributed by atoms with Crippen molar-refractivity contribution in [1.82, 2.24) is 20.4 Å². The first-order valence-electron chi connectivity index (χ1n) is 10.4. The van der Waals surface area contributed by atoms with Gasteiger partial charge >= 0.3 is 0 Å². The maximum Gasteiger partial charge on any atom is 0.123 e. The SMILES string of the molecule is COc1ccc(-n2nc(C)cc2C)cc1CN[C@H]1CCCN[C@H]1c1ccccc1.Cl.Cl.O. The summed E-state index contributed by atoms with van der Waals surface area (Å²) in [5.74, 6) is 0.905. The van der Waals surface area contributed by atoms with E-state index >= 15 is 0 Å². The summed E-state index contributed by atoms with van der Waals surface area (Å²) in [5, 5.41) is 12.1. The van der Waals surface area contributed by atoms with Crippen LogP contribution in [-0.4, -0.2) is 35.0 Å². The smallest absolute Gasteiger partial charge is 0.123 e. The van der Waals surface area contributed by atoms with Crippen molar-refractivity contribution in [3.05, 3.63) is 77.1 Å². The molecule has 176 valence electrons. The zero-order valence-electron chi connectivity index (χ0n) is 18.8. The summed E-state index contributed by atoms with van der Waals surface area (Å²) in [6, 6.07) is 19.8. The zero-order valence-corrected chi connectivity index (χ0v) is 20.4. The van der Waals surface area contributed by atoms with E-state index in [0.29, 0.717) is 12.1 Å². The van der Waals surface area contributed by atoms with Crippen LogP contribution in [0.15, 0.2) is 54.6 Å². The van der Waals surface area contributed by atoms with E-state index in [1.807, 2.05) is 17.7 Å². The van der Waals surface area contributed by atoms with Crippen LogP contribution in [0.25, 0.3) is 5.69 Å². The lowest BCUT2D eigenvalue weighted by Gasteiger charge is -2.34. The average molecular weight is 481 g/mol. The maximum absolute atomic E-state index is 5.64. The molecule has 32 heavy (non-hydrogen) atoms. The molecule has 0 bridgehead atoms. The number of rotatable bonds is 6. The predicted octanol–water partition coefficient (Wildman–Crippen LogP) is 4.10. The third-order valence-corrected chi connectivity index (χ3v) is 5.69. The van der Waals surface area contributed by atoms with Crippen molar-refractivity contribution in [2.24, 2.45) is 0 Å². The van der Waals surface area contributed by atoms with Crippen LogP contribution >= 0.6 is 24.8 Å². The number of hydrogen-bond donors (Lipinski definition) is 2. The molecule has 4 N–H and O–H groups in total. The Morgan fingerprint density at radius 2 is 1.84 bits per heavy atom. The normalized spacial score (nSPS) is 17.5. The molecule has 0 amide bonds. The van der Waals surface area contributed by atoms with Crippen molar-refractivity contribution in [3.8, 4) is 11.4 Å². The molecule has 4 rings (SSSR count). The van der Waals surface area contributed by atoms with Crippen LogP contribution in [0.4, 0.5) is 0 Å². The molecule has 0 spiro atoms. The van der Waals surface area contributed by atoms with Gasteiger partial charge in [-0.2, -0.15) is 5.10 Å². The quantitative estimate of drug-likeness (QED) is 0.556. The van der Waals surface area contributed by atoms with Gasteiger partial charge in [-0.15, -0.1) is 24.8 Å². The summed E-state index contributed by atoms with van der Waals surface area (Å²) in [7, 11) is 1.73. The van der Waals surface area contributed by atoms with E-state index in [1.54, 1.807) is 7.11 Å². The molecule has 0 aliphatic carbocycles. The van der Waals surface area contributed by atoms with E-state index in [1.165, 1.54) is 12.0 Å². The van der Waals surface area contributed by atoms with Crippen molar-refractivity contribution >= 4 is 24.8 Å². The molecule has 0 saturated carbocycles. The standard InChI is InChI=1S/C24H30N4O.2ClH.H2O/c1-17-14-18(2)28(27-17)21-11-12-23(29-3)20(15-21)16-26-22-10-7-13-25-24(22)19-8-5-4-6-9-19;;;/h4-6,8-9,11-12,14-15,22,24-26H,7,10,13,16H2,1-3H3;2*1H;1H2/t22-,24-;;;/m0.../s1. The summed E-state index contributed by atoms with van der Waals surface area (Å²) in [4.78, 5) is 0. The van der Waals surface area contributed by atoms with Crippen LogP contribution in [0, 0.1) is 13.8 Å².